The van der Waals surface area contributed by atoms with Crippen molar-refractivity contribution in [2.24, 2.45) is 0 Å². The minimum Gasteiger partial charge on any atom is -0.481 e. The Labute approximate surface area is 114 Å². The molecular weight excluding hydrogens is 242 g/mol. The lowest BCUT2D eigenvalue weighted by Crippen LogP contribution is -2.36. The van der Waals surface area contributed by atoms with Crippen molar-refractivity contribution in [1.29, 1.82) is 0 Å². The highest BCUT2D eigenvalue weighted by Gasteiger charge is 2.15. The van der Waals surface area contributed by atoms with Crippen LogP contribution in [0.4, 0.5) is 5.82 Å². The van der Waals surface area contributed by atoms with E-state index >= 15 is 0 Å². The molecule has 1 amide bonds. The Morgan fingerprint density at radius 3 is 2.89 bits per heavy atom. The van der Waals surface area contributed by atoms with Crippen molar-refractivity contribution >= 4 is 11.7 Å². The zero-order chi connectivity index (χ0) is 13.5. The number of piperidine rings is 1. The first-order valence-electron chi connectivity index (χ1n) is 6.82. The fourth-order valence-corrected chi connectivity index (χ4v) is 2.23. The maximum atomic E-state index is 12.0. The minimum atomic E-state index is 0.232. The summed E-state index contributed by atoms with van der Waals surface area (Å²) in [5.41, 5.74) is 0. The molecule has 1 saturated heterocycles. The van der Waals surface area contributed by atoms with E-state index < -0.39 is 0 Å². The molecule has 0 aliphatic carbocycles. The van der Waals surface area contributed by atoms with E-state index in [1.807, 2.05) is 17.0 Å². The summed E-state index contributed by atoms with van der Waals surface area (Å²) in [5.74, 6) is 1.55. The van der Waals surface area contributed by atoms with Gasteiger partial charge in [0, 0.05) is 32.1 Å². The van der Waals surface area contributed by atoms with Crippen LogP contribution in [0, 0.1) is 0 Å². The molecule has 104 valence electrons. The number of ether oxygens (including phenoxy) is 1. The van der Waals surface area contributed by atoms with E-state index in [9.17, 15) is 4.79 Å². The molecule has 0 unspecified atom stereocenters. The predicted octanol–water partition coefficient (Wildman–Crippen LogP) is 1.90. The van der Waals surface area contributed by atoms with Gasteiger partial charge in [0.2, 0.25) is 11.8 Å². The van der Waals surface area contributed by atoms with Crippen molar-refractivity contribution in [3.05, 3.63) is 18.2 Å². The third-order valence-corrected chi connectivity index (χ3v) is 3.29. The zero-order valence-electron chi connectivity index (χ0n) is 11.4. The van der Waals surface area contributed by atoms with Gasteiger partial charge in [-0.2, -0.15) is 4.98 Å². The van der Waals surface area contributed by atoms with E-state index in [1.54, 1.807) is 13.2 Å². The third kappa shape index (κ3) is 4.12. The Hall–Kier alpha value is -1.78. The third-order valence-electron chi connectivity index (χ3n) is 3.29. The van der Waals surface area contributed by atoms with Gasteiger partial charge in [0.15, 0.2) is 0 Å². The molecule has 19 heavy (non-hydrogen) atoms. The molecule has 5 nitrogen and oxygen atoms in total. The summed E-state index contributed by atoms with van der Waals surface area (Å²) in [5, 5.41) is 3.15. The molecule has 0 saturated carbocycles. The van der Waals surface area contributed by atoms with E-state index in [2.05, 4.69) is 10.3 Å². The smallest absolute Gasteiger partial charge is 0.224 e. The van der Waals surface area contributed by atoms with Crippen molar-refractivity contribution in [1.82, 2.24) is 9.88 Å². The summed E-state index contributed by atoms with van der Waals surface area (Å²) in [6.45, 7) is 2.43. The first-order valence-corrected chi connectivity index (χ1v) is 6.82. The van der Waals surface area contributed by atoms with Gasteiger partial charge in [0.1, 0.15) is 5.82 Å². The number of anilines is 1. The molecule has 2 rings (SSSR count). The lowest BCUT2D eigenvalue weighted by molar-refractivity contribution is -0.131. The number of likely N-dealkylation sites (tertiary alicyclic amines) is 1. The fraction of sp³-hybridized carbons (Fsp3) is 0.571. The van der Waals surface area contributed by atoms with Gasteiger partial charge in [-0.3, -0.25) is 4.79 Å². The zero-order valence-corrected chi connectivity index (χ0v) is 11.4. The Balaban J connectivity index is 1.74. The summed E-state index contributed by atoms with van der Waals surface area (Å²) in [6.07, 6.45) is 4.03. The fourth-order valence-electron chi connectivity index (χ4n) is 2.23. The number of hydrogen-bond donors (Lipinski definition) is 1. The van der Waals surface area contributed by atoms with Gasteiger partial charge in [0.25, 0.3) is 0 Å². The number of amides is 1. The normalized spacial score (nSPS) is 15.1. The second-order valence-corrected chi connectivity index (χ2v) is 4.68. The van der Waals surface area contributed by atoms with E-state index in [4.69, 9.17) is 4.74 Å². The molecule has 0 radical (unpaired) electrons. The number of hydrogen-bond acceptors (Lipinski definition) is 4. The SMILES string of the molecule is COc1cccc(NCCC(=O)N2CCCCC2)n1. The van der Waals surface area contributed by atoms with Crippen LogP contribution in [-0.4, -0.2) is 42.5 Å². The summed E-state index contributed by atoms with van der Waals surface area (Å²) in [6, 6.07) is 5.54. The van der Waals surface area contributed by atoms with Crippen LogP contribution in [0.25, 0.3) is 0 Å². The lowest BCUT2D eigenvalue weighted by atomic mass is 10.1. The molecule has 1 N–H and O–H groups in total. The number of nitrogens with zero attached hydrogens (tertiary/aromatic N) is 2. The Kier molecular flexibility index (Phi) is 5.01. The van der Waals surface area contributed by atoms with Gasteiger partial charge >= 0.3 is 0 Å². The number of methoxy groups -OCH3 is 1. The highest BCUT2D eigenvalue weighted by atomic mass is 16.5. The number of carbonyl (C=O) groups excluding carboxylic acids is 1. The van der Waals surface area contributed by atoms with E-state index in [0.717, 1.165) is 31.7 Å². The number of rotatable bonds is 5. The Bertz CT molecular complexity index is 417. The van der Waals surface area contributed by atoms with E-state index in [1.165, 1.54) is 6.42 Å². The Morgan fingerprint density at radius 2 is 2.16 bits per heavy atom. The quantitative estimate of drug-likeness (QED) is 0.881. The molecule has 1 aliphatic heterocycles. The maximum absolute atomic E-state index is 12.0. The number of aromatic nitrogens is 1. The molecular formula is C14H21N3O2. The average molecular weight is 263 g/mol. The van der Waals surface area contributed by atoms with E-state index in [0.29, 0.717) is 18.8 Å². The van der Waals surface area contributed by atoms with Crippen LogP contribution < -0.4 is 10.1 Å². The number of pyridine rings is 1. The van der Waals surface area contributed by atoms with Gasteiger partial charge in [-0.05, 0) is 25.3 Å². The minimum absolute atomic E-state index is 0.232. The summed E-state index contributed by atoms with van der Waals surface area (Å²) in [4.78, 5) is 18.2. The van der Waals surface area contributed by atoms with Crippen LogP contribution in [0.2, 0.25) is 0 Å². The highest BCUT2D eigenvalue weighted by Crippen LogP contribution is 2.12. The molecule has 0 atom stereocenters. The average Bonchev–Trinajstić information content (AvgIpc) is 2.48. The molecule has 0 spiro atoms. The molecule has 0 bridgehead atoms. The van der Waals surface area contributed by atoms with Crippen LogP contribution in [0.5, 0.6) is 5.88 Å². The lowest BCUT2D eigenvalue weighted by Gasteiger charge is -2.26. The Morgan fingerprint density at radius 1 is 1.37 bits per heavy atom. The molecule has 1 fully saturated rings. The van der Waals surface area contributed by atoms with Crippen LogP contribution in [0.1, 0.15) is 25.7 Å². The van der Waals surface area contributed by atoms with Crippen molar-refractivity contribution in [3.63, 3.8) is 0 Å². The van der Waals surface area contributed by atoms with Crippen LogP contribution >= 0.6 is 0 Å². The van der Waals surface area contributed by atoms with E-state index in [-0.39, 0.29) is 5.91 Å². The standard InChI is InChI=1S/C14H21N3O2/c1-19-13-7-5-6-12(16-13)15-9-8-14(18)17-10-3-2-4-11-17/h5-7H,2-4,8-11H2,1H3,(H,15,16). The largest absolute Gasteiger partial charge is 0.481 e. The number of nitrogens with one attached hydrogen (secondary N) is 1. The first kappa shape index (κ1) is 13.6. The molecule has 1 aromatic heterocycles. The predicted molar refractivity (Wildman–Crippen MR) is 74.3 cm³/mol. The van der Waals surface area contributed by atoms with Gasteiger partial charge in [-0.1, -0.05) is 6.07 Å². The van der Waals surface area contributed by atoms with Gasteiger partial charge < -0.3 is 15.0 Å². The van der Waals surface area contributed by atoms with Crippen LogP contribution in [0.15, 0.2) is 18.2 Å². The summed E-state index contributed by atoms with van der Waals surface area (Å²) < 4.78 is 5.05. The molecule has 1 aliphatic rings. The molecule has 1 aromatic rings. The highest BCUT2D eigenvalue weighted by molar-refractivity contribution is 5.76. The second-order valence-electron chi connectivity index (χ2n) is 4.68. The maximum Gasteiger partial charge on any atom is 0.224 e. The van der Waals surface area contributed by atoms with Gasteiger partial charge in [0.05, 0.1) is 7.11 Å². The molecule has 2 heterocycles. The molecule has 5 heteroatoms. The van der Waals surface area contributed by atoms with Gasteiger partial charge in [-0.15, -0.1) is 0 Å². The molecule has 0 aromatic carbocycles. The monoisotopic (exact) mass is 263 g/mol. The number of carbonyl (C=O) groups is 1. The van der Waals surface area contributed by atoms with Gasteiger partial charge in [-0.25, -0.2) is 0 Å². The van der Waals surface area contributed by atoms with Crippen LogP contribution in [-0.2, 0) is 4.79 Å². The topological polar surface area (TPSA) is 54.5 Å². The van der Waals surface area contributed by atoms with Crippen molar-refractivity contribution in [3.8, 4) is 5.88 Å². The van der Waals surface area contributed by atoms with Crippen molar-refractivity contribution in [2.75, 3.05) is 32.1 Å². The van der Waals surface area contributed by atoms with Crippen molar-refractivity contribution in [2.45, 2.75) is 25.7 Å². The second kappa shape index (κ2) is 6.97. The van der Waals surface area contributed by atoms with Crippen molar-refractivity contribution < 1.29 is 9.53 Å². The summed E-state index contributed by atoms with van der Waals surface area (Å²) >= 11 is 0. The van der Waals surface area contributed by atoms with Crippen LogP contribution in [0.3, 0.4) is 0 Å². The first-order chi connectivity index (χ1) is 9.29. The summed E-state index contributed by atoms with van der Waals surface area (Å²) in [7, 11) is 1.59.